The summed E-state index contributed by atoms with van der Waals surface area (Å²) in [6.45, 7) is 0. The van der Waals surface area contributed by atoms with Crippen molar-refractivity contribution in [3.63, 3.8) is 0 Å². The summed E-state index contributed by atoms with van der Waals surface area (Å²) in [4.78, 5) is 4.39. The van der Waals surface area contributed by atoms with Crippen LogP contribution in [0.4, 0.5) is 22.7 Å². The van der Waals surface area contributed by atoms with Crippen molar-refractivity contribution >= 4 is 33.7 Å². The molecule has 4 aromatic carbocycles. The highest BCUT2D eigenvalue weighted by Crippen LogP contribution is 2.28. The molecule has 7 nitrogen and oxygen atoms in total. The van der Waals surface area contributed by atoms with E-state index in [9.17, 15) is 5.26 Å². The van der Waals surface area contributed by atoms with Crippen LogP contribution in [0.15, 0.2) is 116 Å². The molecule has 7 heteroatoms. The molecule has 0 unspecified atom stereocenters. The molecular weight excluding hydrogens is 458 g/mol. The van der Waals surface area contributed by atoms with Crippen molar-refractivity contribution in [1.29, 1.82) is 5.26 Å². The zero-order chi connectivity index (χ0) is 25.0. The van der Waals surface area contributed by atoms with Crippen LogP contribution < -0.4 is 10.6 Å². The second-order valence-corrected chi connectivity index (χ2v) is 8.49. The fourth-order valence-corrected chi connectivity index (χ4v) is 4.11. The second kappa shape index (κ2) is 9.64. The molecule has 0 atom stereocenters. The van der Waals surface area contributed by atoms with Gasteiger partial charge in [0.15, 0.2) is 0 Å². The Balaban J connectivity index is 1.18. The highest BCUT2D eigenvalue weighted by Gasteiger charge is 2.08. The minimum atomic E-state index is 0.601. The van der Waals surface area contributed by atoms with Crippen LogP contribution in [0.2, 0.25) is 0 Å². The SMILES string of the molecule is N#Cc1ccc2nccc(Nc3ccc(-c4cn(-c5ccc(Nc6ccccc6)cc5)nn4)cc3)c2c1. The molecule has 176 valence electrons. The maximum absolute atomic E-state index is 9.25. The largest absolute Gasteiger partial charge is 0.356 e. The van der Waals surface area contributed by atoms with E-state index in [0.29, 0.717) is 5.56 Å². The third kappa shape index (κ3) is 4.72. The van der Waals surface area contributed by atoms with Gasteiger partial charge in [-0.2, -0.15) is 5.26 Å². The summed E-state index contributed by atoms with van der Waals surface area (Å²) in [5.74, 6) is 0. The minimum Gasteiger partial charge on any atom is -0.356 e. The average Bonchev–Trinajstić information content (AvgIpc) is 3.45. The molecule has 0 saturated heterocycles. The molecule has 37 heavy (non-hydrogen) atoms. The van der Waals surface area contributed by atoms with Crippen LogP contribution >= 0.6 is 0 Å². The van der Waals surface area contributed by atoms with Crippen molar-refractivity contribution in [2.75, 3.05) is 10.6 Å². The van der Waals surface area contributed by atoms with E-state index >= 15 is 0 Å². The number of nitrogens with one attached hydrogen (secondary N) is 2. The first-order valence-corrected chi connectivity index (χ1v) is 11.8. The Morgan fingerprint density at radius 2 is 1.46 bits per heavy atom. The third-order valence-corrected chi connectivity index (χ3v) is 6.02. The molecule has 0 bridgehead atoms. The topological polar surface area (TPSA) is 91.5 Å². The fraction of sp³-hybridized carbons (Fsp3) is 0. The molecule has 0 amide bonds. The van der Waals surface area contributed by atoms with Crippen molar-refractivity contribution in [1.82, 2.24) is 20.0 Å². The lowest BCUT2D eigenvalue weighted by Crippen LogP contribution is -1.95. The van der Waals surface area contributed by atoms with Crippen molar-refractivity contribution < 1.29 is 0 Å². The Labute approximate surface area is 213 Å². The molecule has 0 aliphatic carbocycles. The van der Waals surface area contributed by atoms with Crippen LogP contribution in [0.1, 0.15) is 5.56 Å². The van der Waals surface area contributed by atoms with E-state index < -0.39 is 0 Å². The van der Waals surface area contributed by atoms with Crippen molar-refractivity contribution in [2.45, 2.75) is 0 Å². The number of fused-ring (bicyclic) bond motifs is 1. The summed E-state index contributed by atoms with van der Waals surface area (Å²) in [5.41, 5.74) is 7.97. The van der Waals surface area contributed by atoms with Gasteiger partial charge in [0.1, 0.15) is 5.69 Å². The van der Waals surface area contributed by atoms with E-state index in [1.165, 1.54) is 0 Å². The average molecular weight is 480 g/mol. The van der Waals surface area contributed by atoms with E-state index in [1.807, 2.05) is 103 Å². The molecule has 0 aliphatic rings. The molecule has 6 rings (SSSR count). The number of nitrogens with zero attached hydrogens (tertiary/aromatic N) is 5. The quantitative estimate of drug-likeness (QED) is 0.272. The molecule has 0 radical (unpaired) electrons. The summed E-state index contributed by atoms with van der Waals surface area (Å²) in [7, 11) is 0. The van der Waals surface area contributed by atoms with Crippen LogP contribution in [0.3, 0.4) is 0 Å². The minimum absolute atomic E-state index is 0.601. The lowest BCUT2D eigenvalue weighted by Gasteiger charge is -2.10. The maximum Gasteiger partial charge on any atom is 0.113 e. The van der Waals surface area contributed by atoms with Gasteiger partial charge >= 0.3 is 0 Å². The van der Waals surface area contributed by atoms with Gasteiger partial charge in [0.2, 0.25) is 0 Å². The first kappa shape index (κ1) is 22.0. The van der Waals surface area contributed by atoms with Gasteiger partial charge in [0.25, 0.3) is 0 Å². The summed E-state index contributed by atoms with van der Waals surface area (Å²) < 4.78 is 1.77. The molecule has 2 heterocycles. The number of benzene rings is 4. The molecular formula is C30H21N7. The monoisotopic (exact) mass is 479 g/mol. The van der Waals surface area contributed by atoms with Gasteiger partial charge in [-0.1, -0.05) is 35.5 Å². The molecule has 2 aromatic heterocycles. The normalized spacial score (nSPS) is 10.7. The third-order valence-electron chi connectivity index (χ3n) is 6.02. The number of pyridine rings is 1. The van der Waals surface area contributed by atoms with Crippen molar-refractivity contribution in [3.8, 4) is 23.0 Å². The van der Waals surface area contributed by atoms with E-state index in [2.05, 4.69) is 32.0 Å². The molecule has 0 aliphatic heterocycles. The second-order valence-electron chi connectivity index (χ2n) is 8.49. The predicted molar refractivity (Wildman–Crippen MR) is 146 cm³/mol. The van der Waals surface area contributed by atoms with Crippen molar-refractivity contribution in [2.24, 2.45) is 0 Å². The van der Waals surface area contributed by atoms with Gasteiger partial charge in [0, 0.05) is 39.9 Å². The van der Waals surface area contributed by atoms with Gasteiger partial charge < -0.3 is 10.6 Å². The molecule has 0 saturated carbocycles. The Kier molecular flexibility index (Phi) is 5.74. The van der Waals surface area contributed by atoms with E-state index in [4.69, 9.17) is 0 Å². The number of anilines is 4. The van der Waals surface area contributed by atoms with Crippen LogP contribution in [0, 0.1) is 11.3 Å². The maximum atomic E-state index is 9.25. The Hall–Kier alpha value is -5.48. The highest BCUT2D eigenvalue weighted by molar-refractivity contribution is 5.93. The number of rotatable bonds is 6. The Morgan fingerprint density at radius 3 is 2.24 bits per heavy atom. The number of hydrogen-bond donors (Lipinski definition) is 2. The number of aromatic nitrogens is 4. The molecule has 2 N–H and O–H groups in total. The number of hydrogen-bond acceptors (Lipinski definition) is 6. The zero-order valence-corrected chi connectivity index (χ0v) is 19.7. The van der Waals surface area contributed by atoms with E-state index in [-0.39, 0.29) is 0 Å². The van der Waals surface area contributed by atoms with Crippen LogP contribution in [0.25, 0.3) is 27.8 Å². The molecule has 0 spiro atoms. The van der Waals surface area contributed by atoms with Crippen molar-refractivity contribution in [3.05, 3.63) is 121 Å². The highest BCUT2D eigenvalue weighted by atomic mass is 15.4. The number of nitriles is 1. The fourth-order valence-electron chi connectivity index (χ4n) is 4.11. The first-order valence-electron chi connectivity index (χ1n) is 11.8. The molecule has 0 fully saturated rings. The van der Waals surface area contributed by atoms with E-state index in [1.54, 1.807) is 16.9 Å². The van der Waals surface area contributed by atoms with Crippen LogP contribution in [0.5, 0.6) is 0 Å². The van der Waals surface area contributed by atoms with Gasteiger partial charge in [-0.3, -0.25) is 4.98 Å². The van der Waals surface area contributed by atoms with Gasteiger partial charge in [0.05, 0.1) is 29.0 Å². The Morgan fingerprint density at radius 1 is 0.730 bits per heavy atom. The summed E-state index contributed by atoms with van der Waals surface area (Å²) in [6, 6.07) is 35.7. The van der Waals surface area contributed by atoms with Gasteiger partial charge in [-0.05, 0) is 72.8 Å². The predicted octanol–water partition coefficient (Wildman–Crippen LogP) is 6.84. The lowest BCUT2D eigenvalue weighted by atomic mass is 10.1. The lowest BCUT2D eigenvalue weighted by molar-refractivity contribution is 0.804. The summed E-state index contributed by atoms with van der Waals surface area (Å²) in [6.07, 6.45) is 3.68. The van der Waals surface area contributed by atoms with Gasteiger partial charge in [-0.15, -0.1) is 5.10 Å². The first-order chi connectivity index (χ1) is 18.2. The van der Waals surface area contributed by atoms with Crippen LogP contribution in [-0.2, 0) is 0 Å². The zero-order valence-electron chi connectivity index (χ0n) is 19.7. The van der Waals surface area contributed by atoms with Gasteiger partial charge in [-0.25, -0.2) is 4.68 Å². The van der Waals surface area contributed by atoms with E-state index in [0.717, 1.165) is 50.6 Å². The Bertz CT molecular complexity index is 1720. The standard InChI is InChI=1S/C30H21N7/c31-19-21-6-15-28-27(18-21)29(16-17-32-28)34-25-9-7-22(8-10-25)30-20-37(36-35-30)26-13-11-24(12-14-26)33-23-4-2-1-3-5-23/h1-18,20,33H,(H,32,34). The smallest absolute Gasteiger partial charge is 0.113 e. The van der Waals surface area contributed by atoms with Crippen LogP contribution in [-0.4, -0.2) is 20.0 Å². The summed E-state index contributed by atoms with van der Waals surface area (Å²) >= 11 is 0. The number of para-hydroxylation sites is 1. The summed E-state index contributed by atoms with van der Waals surface area (Å²) in [5, 5.41) is 25.6. The molecule has 6 aromatic rings.